The van der Waals surface area contributed by atoms with Crippen molar-refractivity contribution >= 4 is 33.3 Å². The van der Waals surface area contributed by atoms with E-state index >= 15 is 0 Å². The Labute approximate surface area is 146 Å². The fourth-order valence-electron chi connectivity index (χ4n) is 2.51. The second-order valence-electron chi connectivity index (χ2n) is 5.54. The van der Waals surface area contributed by atoms with Gasteiger partial charge in [-0.15, -0.1) is 0 Å². The van der Waals surface area contributed by atoms with Crippen LogP contribution in [0.3, 0.4) is 0 Å². The molecule has 0 bridgehead atoms. The highest BCUT2D eigenvalue weighted by Crippen LogP contribution is 2.27. The zero-order valence-electron chi connectivity index (χ0n) is 13.0. The summed E-state index contributed by atoms with van der Waals surface area (Å²) >= 11 is 5.86. The van der Waals surface area contributed by atoms with Gasteiger partial charge in [-0.2, -0.15) is 0 Å². The number of sulfonamides is 1. The summed E-state index contributed by atoms with van der Waals surface area (Å²) in [6, 6.07) is 15.0. The predicted octanol–water partition coefficient (Wildman–Crippen LogP) is 3.42. The Morgan fingerprint density at radius 2 is 1.83 bits per heavy atom. The standard InChI is InChI=1S/C17H18ClN3O2S/c18-14-9-10-15-16(12-14)24(22,23)21-17(20-15)19-11-5-4-8-13-6-2-1-3-7-13/h1-3,6-7,9-10,12H,4-5,8,11H2,(H2,19,20,21). The van der Waals surface area contributed by atoms with Crippen molar-refractivity contribution in [1.29, 1.82) is 0 Å². The van der Waals surface area contributed by atoms with Crippen LogP contribution in [0.2, 0.25) is 5.02 Å². The number of halogens is 1. The van der Waals surface area contributed by atoms with E-state index in [1.807, 2.05) is 18.2 Å². The molecule has 0 amide bonds. The maximum absolute atomic E-state index is 12.2. The number of aryl methyl sites for hydroxylation is 1. The summed E-state index contributed by atoms with van der Waals surface area (Å²) in [5.41, 5.74) is 1.79. The van der Waals surface area contributed by atoms with Crippen LogP contribution in [-0.2, 0) is 16.4 Å². The van der Waals surface area contributed by atoms with Gasteiger partial charge in [0.25, 0.3) is 10.0 Å². The molecular formula is C17H18ClN3O2S. The summed E-state index contributed by atoms with van der Waals surface area (Å²) in [4.78, 5) is 4.45. The fourth-order valence-corrected chi connectivity index (χ4v) is 3.91. The van der Waals surface area contributed by atoms with Crippen LogP contribution in [0.15, 0.2) is 58.4 Å². The van der Waals surface area contributed by atoms with Crippen LogP contribution in [0.4, 0.5) is 5.69 Å². The van der Waals surface area contributed by atoms with E-state index in [1.54, 1.807) is 12.1 Å². The normalized spacial score (nSPS) is 17.0. The number of unbranched alkanes of at least 4 members (excludes halogenated alkanes) is 1. The van der Waals surface area contributed by atoms with Gasteiger partial charge in [0.15, 0.2) is 0 Å². The Kier molecular flexibility index (Phi) is 5.06. The third kappa shape index (κ3) is 4.07. The van der Waals surface area contributed by atoms with Gasteiger partial charge in [-0.25, -0.2) is 13.1 Å². The van der Waals surface area contributed by atoms with Gasteiger partial charge in [0.1, 0.15) is 4.90 Å². The highest BCUT2D eigenvalue weighted by Gasteiger charge is 2.26. The monoisotopic (exact) mass is 363 g/mol. The Morgan fingerprint density at radius 1 is 1.04 bits per heavy atom. The molecule has 1 aliphatic rings. The van der Waals surface area contributed by atoms with E-state index in [4.69, 9.17) is 11.6 Å². The van der Waals surface area contributed by atoms with Crippen molar-refractivity contribution in [3.8, 4) is 0 Å². The molecule has 0 fully saturated rings. The van der Waals surface area contributed by atoms with E-state index in [2.05, 4.69) is 27.2 Å². The van der Waals surface area contributed by atoms with Gasteiger partial charge in [-0.05, 0) is 43.0 Å². The molecule has 0 saturated carbocycles. The largest absolute Gasteiger partial charge is 0.324 e. The molecule has 24 heavy (non-hydrogen) atoms. The highest BCUT2D eigenvalue weighted by molar-refractivity contribution is 7.90. The maximum atomic E-state index is 12.2. The second kappa shape index (κ2) is 7.23. The van der Waals surface area contributed by atoms with Crippen LogP contribution in [0.1, 0.15) is 18.4 Å². The molecule has 2 aromatic rings. The number of fused-ring (bicyclic) bond motifs is 1. The SMILES string of the molecule is O=S1(=O)NC(=NCCCCc2ccccc2)Nc2ccc(Cl)cc21. The summed E-state index contributed by atoms with van der Waals surface area (Å²) in [5.74, 6) is 0.254. The van der Waals surface area contributed by atoms with Crippen LogP contribution >= 0.6 is 11.6 Å². The van der Waals surface area contributed by atoms with Crippen LogP contribution in [-0.4, -0.2) is 20.9 Å². The second-order valence-corrected chi connectivity index (χ2v) is 7.63. The lowest BCUT2D eigenvalue weighted by atomic mass is 10.1. The Morgan fingerprint density at radius 3 is 2.62 bits per heavy atom. The number of nitrogens with one attached hydrogen (secondary N) is 2. The minimum atomic E-state index is -3.63. The molecular weight excluding hydrogens is 346 g/mol. The average molecular weight is 364 g/mol. The number of hydrogen-bond donors (Lipinski definition) is 2. The molecule has 0 aliphatic carbocycles. The summed E-state index contributed by atoms with van der Waals surface area (Å²) in [7, 11) is -3.63. The number of rotatable bonds is 5. The van der Waals surface area contributed by atoms with E-state index in [-0.39, 0.29) is 10.9 Å². The average Bonchev–Trinajstić information content (AvgIpc) is 2.56. The van der Waals surface area contributed by atoms with E-state index in [0.717, 1.165) is 19.3 Å². The molecule has 0 saturated heterocycles. The first-order valence-corrected chi connectivity index (χ1v) is 9.58. The zero-order chi connectivity index (χ0) is 17.0. The van der Waals surface area contributed by atoms with Crippen LogP contribution in [0.5, 0.6) is 0 Å². The lowest BCUT2D eigenvalue weighted by molar-refractivity contribution is 0.591. The third-order valence-electron chi connectivity index (χ3n) is 3.70. The van der Waals surface area contributed by atoms with Gasteiger partial charge in [0.2, 0.25) is 5.96 Å². The van der Waals surface area contributed by atoms with Crippen molar-refractivity contribution in [2.75, 3.05) is 11.9 Å². The minimum Gasteiger partial charge on any atom is -0.324 e. The van der Waals surface area contributed by atoms with Crippen molar-refractivity contribution in [3.63, 3.8) is 0 Å². The number of nitrogens with zero attached hydrogens (tertiary/aromatic N) is 1. The van der Waals surface area contributed by atoms with Gasteiger partial charge < -0.3 is 5.32 Å². The predicted molar refractivity (Wildman–Crippen MR) is 97.1 cm³/mol. The number of guanidine groups is 1. The summed E-state index contributed by atoms with van der Waals surface area (Å²) in [5, 5.41) is 3.37. The summed E-state index contributed by atoms with van der Waals surface area (Å²) < 4.78 is 26.9. The smallest absolute Gasteiger partial charge is 0.266 e. The molecule has 0 radical (unpaired) electrons. The number of hydrogen-bond acceptors (Lipinski definition) is 3. The van der Waals surface area contributed by atoms with Crippen molar-refractivity contribution < 1.29 is 8.42 Å². The number of aliphatic imine (C=N–C) groups is 1. The van der Waals surface area contributed by atoms with Crippen molar-refractivity contribution in [2.24, 2.45) is 4.99 Å². The van der Waals surface area contributed by atoms with Crippen LogP contribution in [0.25, 0.3) is 0 Å². The minimum absolute atomic E-state index is 0.137. The molecule has 1 aliphatic heterocycles. The first-order chi connectivity index (χ1) is 11.5. The molecule has 3 rings (SSSR count). The summed E-state index contributed by atoms with van der Waals surface area (Å²) in [6.07, 6.45) is 2.88. The lowest BCUT2D eigenvalue weighted by Gasteiger charge is -2.21. The fraction of sp³-hybridized carbons (Fsp3) is 0.235. The van der Waals surface area contributed by atoms with E-state index < -0.39 is 10.0 Å². The molecule has 5 nitrogen and oxygen atoms in total. The van der Waals surface area contributed by atoms with E-state index in [9.17, 15) is 8.42 Å². The van der Waals surface area contributed by atoms with Crippen molar-refractivity contribution in [2.45, 2.75) is 24.2 Å². The Bertz CT molecular complexity index is 851. The van der Waals surface area contributed by atoms with Crippen LogP contribution in [0, 0.1) is 0 Å². The van der Waals surface area contributed by atoms with Gasteiger partial charge in [-0.3, -0.25) is 4.99 Å². The van der Waals surface area contributed by atoms with Crippen molar-refractivity contribution in [3.05, 3.63) is 59.1 Å². The first-order valence-electron chi connectivity index (χ1n) is 7.72. The zero-order valence-corrected chi connectivity index (χ0v) is 14.6. The Hall–Kier alpha value is -2.05. The van der Waals surface area contributed by atoms with Gasteiger partial charge in [0.05, 0.1) is 5.69 Å². The van der Waals surface area contributed by atoms with Crippen molar-refractivity contribution in [1.82, 2.24) is 4.72 Å². The first kappa shape index (κ1) is 16.8. The quantitative estimate of drug-likeness (QED) is 0.799. The van der Waals surface area contributed by atoms with Crippen LogP contribution < -0.4 is 10.0 Å². The molecule has 0 spiro atoms. The highest BCUT2D eigenvalue weighted by atomic mass is 35.5. The Balaban J connectivity index is 1.58. The van der Waals surface area contributed by atoms with E-state index in [0.29, 0.717) is 17.3 Å². The number of benzene rings is 2. The molecule has 0 aromatic heterocycles. The van der Waals surface area contributed by atoms with E-state index in [1.165, 1.54) is 11.6 Å². The molecule has 1 heterocycles. The van der Waals surface area contributed by atoms with Gasteiger partial charge >= 0.3 is 0 Å². The molecule has 2 N–H and O–H groups in total. The van der Waals surface area contributed by atoms with Gasteiger partial charge in [-0.1, -0.05) is 41.9 Å². The molecule has 126 valence electrons. The summed E-state index contributed by atoms with van der Waals surface area (Å²) in [6.45, 7) is 0.556. The number of anilines is 1. The third-order valence-corrected chi connectivity index (χ3v) is 5.32. The lowest BCUT2D eigenvalue weighted by Crippen LogP contribution is -2.40. The molecule has 0 unspecified atom stereocenters. The molecule has 2 aromatic carbocycles. The molecule has 7 heteroatoms. The molecule has 0 atom stereocenters. The topological polar surface area (TPSA) is 70.6 Å². The van der Waals surface area contributed by atoms with Gasteiger partial charge in [0, 0.05) is 11.6 Å². The maximum Gasteiger partial charge on any atom is 0.266 e.